The largest absolute Gasteiger partial charge is 0.490 e. The molecule has 5 heteroatoms. The Bertz CT molecular complexity index is 213. The number of nitrogens with zero attached hydrogens (tertiary/aromatic N) is 2. The Hall–Kier alpha value is -0.740. The molecular formula is C6H10ClN3O. The summed E-state index contributed by atoms with van der Waals surface area (Å²) in [6.07, 6.45) is 4.00. The van der Waals surface area contributed by atoms with E-state index in [1.54, 1.807) is 12.4 Å². The van der Waals surface area contributed by atoms with Crippen LogP contribution in [0.5, 0.6) is 5.75 Å². The minimum Gasteiger partial charge on any atom is -0.490 e. The van der Waals surface area contributed by atoms with Gasteiger partial charge in [-0.2, -0.15) is 9.30 Å². The van der Waals surface area contributed by atoms with Crippen LogP contribution in [0.2, 0.25) is 0 Å². The van der Waals surface area contributed by atoms with E-state index in [4.69, 9.17) is 22.2 Å². The third kappa shape index (κ3) is 2.78. The number of ether oxygens (including phenoxy) is 1. The summed E-state index contributed by atoms with van der Waals surface area (Å²) in [5, 5.41) is 3.72. The summed E-state index contributed by atoms with van der Waals surface area (Å²) in [5.74, 6) is 0.674. The highest BCUT2D eigenvalue weighted by Crippen LogP contribution is 2.08. The van der Waals surface area contributed by atoms with E-state index in [9.17, 15) is 0 Å². The van der Waals surface area contributed by atoms with E-state index in [0.717, 1.165) is 6.42 Å². The lowest BCUT2D eigenvalue weighted by Gasteiger charge is -1.99. The molecule has 1 aromatic rings. The Morgan fingerprint density at radius 3 is 3.09 bits per heavy atom. The van der Waals surface area contributed by atoms with E-state index in [1.807, 2.05) is 0 Å². The number of hydrogen-bond donors (Lipinski definition) is 1. The lowest BCUT2D eigenvalue weighted by Crippen LogP contribution is -2.05. The highest BCUT2D eigenvalue weighted by Gasteiger charge is 1.95. The van der Waals surface area contributed by atoms with Crippen molar-refractivity contribution in [3.05, 3.63) is 12.4 Å². The average molecular weight is 176 g/mol. The lowest BCUT2D eigenvalue weighted by atomic mass is 10.5. The number of hydrogen-bond acceptors (Lipinski definition) is 3. The highest BCUT2D eigenvalue weighted by atomic mass is 35.5. The minimum absolute atomic E-state index is 0.610. The first-order chi connectivity index (χ1) is 5.33. The van der Waals surface area contributed by atoms with Crippen molar-refractivity contribution in [2.45, 2.75) is 6.42 Å². The molecule has 1 aromatic heterocycles. The Labute approximate surface area is 70.0 Å². The van der Waals surface area contributed by atoms with Crippen LogP contribution in [-0.4, -0.2) is 22.5 Å². The number of rotatable bonds is 4. The van der Waals surface area contributed by atoms with E-state index in [1.165, 1.54) is 4.20 Å². The average Bonchev–Trinajstić information content (AvgIpc) is 2.37. The van der Waals surface area contributed by atoms with Gasteiger partial charge in [0.1, 0.15) is 0 Å². The van der Waals surface area contributed by atoms with Crippen LogP contribution in [0, 0.1) is 0 Å². The van der Waals surface area contributed by atoms with Crippen LogP contribution < -0.4 is 10.5 Å². The van der Waals surface area contributed by atoms with Crippen molar-refractivity contribution in [3.8, 4) is 5.75 Å². The van der Waals surface area contributed by atoms with E-state index < -0.39 is 0 Å². The molecule has 0 atom stereocenters. The molecular weight excluding hydrogens is 166 g/mol. The van der Waals surface area contributed by atoms with E-state index >= 15 is 0 Å². The molecule has 0 bridgehead atoms. The van der Waals surface area contributed by atoms with Gasteiger partial charge in [-0.05, 0) is 13.0 Å². The predicted molar refractivity (Wildman–Crippen MR) is 42.6 cm³/mol. The smallest absolute Gasteiger partial charge is 0.158 e. The van der Waals surface area contributed by atoms with Gasteiger partial charge < -0.3 is 10.5 Å². The minimum atomic E-state index is 0.610. The van der Waals surface area contributed by atoms with Crippen molar-refractivity contribution in [2.75, 3.05) is 13.2 Å². The molecule has 0 saturated heterocycles. The summed E-state index contributed by atoms with van der Waals surface area (Å²) in [6.45, 7) is 1.24. The van der Waals surface area contributed by atoms with Gasteiger partial charge in [-0.25, -0.2) is 0 Å². The van der Waals surface area contributed by atoms with Gasteiger partial charge in [0.25, 0.3) is 0 Å². The lowest BCUT2D eigenvalue weighted by molar-refractivity contribution is 0.313. The molecule has 62 valence electrons. The highest BCUT2D eigenvalue weighted by molar-refractivity contribution is 6.14. The fourth-order valence-corrected chi connectivity index (χ4v) is 0.771. The first kappa shape index (κ1) is 8.36. The van der Waals surface area contributed by atoms with E-state index in [-0.39, 0.29) is 0 Å². The molecule has 0 saturated carbocycles. The maximum atomic E-state index is 5.47. The van der Waals surface area contributed by atoms with Gasteiger partial charge in [-0.1, -0.05) is 0 Å². The van der Waals surface area contributed by atoms with Gasteiger partial charge in [0.05, 0.1) is 19.0 Å². The molecule has 4 nitrogen and oxygen atoms in total. The van der Waals surface area contributed by atoms with Gasteiger partial charge in [-0.3, -0.25) is 0 Å². The van der Waals surface area contributed by atoms with Crippen molar-refractivity contribution in [1.82, 2.24) is 9.30 Å². The van der Waals surface area contributed by atoms with Crippen molar-refractivity contribution < 1.29 is 4.74 Å². The Morgan fingerprint density at radius 2 is 2.55 bits per heavy atom. The van der Waals surface area contributed by atoms with Crippen LogP contribution in [0.4, 0.5) is 0 Å². The standard InChI is InChI=1S/C6H10ClN3O/c7-10-5-6(4-9-10)11-3-1-2-8/h4-5H,1-3,8H2. The molecule has 11 heavy (non-hydrogen) atoms. The second kappa shape index (κ2) is 4.20. The van der Waals surface area contributed by atoms with Crippen LogP contribution >= 0.6 is 11.8 Å². The second-order valence-electron chi connectivity index (χ2n) is 2.06. The zero-order valence-electron chi connectivity index (χ0n) is 6.03. The maximum absolute atomic E-state index is 5.47. The second-order valence-corrected chi connectivity index (χ2v) is 2.40. The summed E-state index contributed by atoms with van der Waals surface area (Å²) in [5.41, 5.74) is 5.27. The molecule has 0 aliphatic rings. The number of nitrogens with two attached hydrogens (primary N) is 1. The van der Waals surface area contributed by atoms with Gasteiger partial charge in [0, 0.05) is 11.8 Å². The fourth-order valence-electron chi connectivity index (χ4n) is 0.632. The third-order valence-electron chi connectivity index (χ3n) is 1.15. The monoisotopic (exact) mass is 175 g/mol. The molecule has 0 radical (unpaired) electrons. The Kier molecular flexibility index (Phi) is 3.19. The molecule has 0 fully saturated rings. The van der Waals surface area contributed by atoms with Crippen molar-refractivity contribution in [3.63, 3.8) is 0 Å². The molecule has 0 amide bonds. The zero-order valence-corrected chi connectivity index (χ0v) is 6.79. The summed E-state index contributed by atoms with van der Waals surface area (Å²) >= 11 is 5.47. The third-order valence-corrected chi connectivity index (χ3v) is 1.33. The zero-order chi connectivity index (χ0) is 8.10. The summed E-state index contributed by atoms with van der Waals surface area (Å²) in [6, 6.07) is 0. The normalized spacial score (nSPS) is 10.0. The predicted octanol–water partition coefficient (Wildman–Crippen LogP) is 0.613. The molecule has 0 spiro atoms. The van der Waals surface area contributed by atoms with Crippen molar-refractivity contribution in [2.24, 2.45) is 5.73 Å². The van der Waals surface area contributed by atoms with Crippen LogP contribution in [0.3, 0.4) is 0 Å². The molecule has 1 rings (SSSR count). The summed E-state index contributed by atoms with van der Waals surface area (Å²) < 4.78 is 6.40. The van der Waals surface area contributed by atoms with Gasteiger partial charge in [0.2, 0.25) is 0 Å². The molecule has 0 unspecified atom stereocenters. The Morgan fingerprint density at radius 1 is 1.73 bits per heavy atom. The topological polar surface area (TPSA) is 53.1 Å². The van der Waals surface area contributed by atoms with Crippen LogP contribution in [0.25, 0.3) is 0 Å². The summed E-state index contributed by atoms with van der Waals surface area (Å²) in [7, 11) is 0. The molecule has 1 heterocycles. The fraction of sp³-hybridized carbons (Fsp3) is 0.500. The van der Waals surface area contributed by atoms with Gasteiger partial charge >= 0.3 is 0 Å². The molecule has 0 aromatic carbocycles. The molecule has 0 aliphatic heterocycles. The first-order valence-electron chi connectivity index (χ1n) is 3.36. The number of halogens is 1. The number of aromatic nitrogens is 2. The van der Waals surface area contributed by atoms with Gasteiger partial charge in [0.15, 0.2) is 5.75 Å². The van der Waals surface area contributed by atoms with Crippen LogP contribution in [-0.2, 0) is 0 Å². The van der Waals surface area contributed by atoms with E-state index in [2.05, 4.69) is 5.10 Å². The van der Waals surface area contributed by atoms with Crippen molar-refractivity contribution in [1.29, 1.82) is 0 Å². The molecule has 2 N–H and O–H groups in total. The van der Waals surface area contributed by atoms with Gasteiger partial charge in [-0.15, -0.1) is 0 Å². The molecule has 0 aliphatic carbocycles. The van der Waals surface area contributed by atoms with Crippen LogP contribution in [0.15, 0.2) is 12.4 Å². The van der Waals surface area contributed by atoms with Crippen molar-refractivity contribution >= 4 is 11.8 Å². The van der Waals surface area contributed by atoms with Crippen LogP contribution in [0.1, 0.15) is 6.42 Å². The SMILES string of the molecule is NCCCOc1cnn(Cl)c1. The quantitative estimate of drug-likeness (QED) is 0.683. The Balaban J connectivity index is 2.27. The maximum Gasteiger partial charge on any atom is 0.158 e. The first-order valence-corrected chi connectivity index (χ1v) is 3.70. The van der Waals surface area contributed by atoms with E-state index in [0.29, 0.717) is 18.9 Å². The summed E-state index contributed by atoms with van der Waals surface area (Å²) in [4.78, 5) is 0.